The van der Waals surface area contributed by atoms with Gasteiger partial charge in [0.05, 0.1) is 22.7 Å². The van der Waals surface area contributed by atoms with Crippen LogP contribution >= 0.6 is 0 Å². The Bertz CT molecular complexity index is 2640. The van der Waals surface area contributed by atoms with Crippen molar-refractivity contribution in [3.63, 3.8) is 0 Å². The lowest BCUT2D eigenvalue weighted by atomic mass is 9.72. The van der Waals surface area contributed by atoms with Crippen molar-refractivity contribution in [1.29, 1.82) is 0 Å². The van der Waals surface area contributed by atoms with Gasteiger partial charge in [0.2, 0.25) is 0 Å². The summed E-state index contributed by atoms with van der Waals surface area (Å²) in [5.74, 6) is 1.71. The highest BCUT2D eigenvalue weighted by molar-refractivity contribution is 5.97. The molecule has 8 aromatic rings. The number of fused-ring (bicyclic) bond motifs is 5. The molecule has 0 saturated heterocycles. The maximum atomic E-state index is 6.76. The molecule has 0 atom stereocenters. The number of para-hydroxylation sites is 2. The third-order valence-corrected chi connectivity index (χ3v) is 10.8. The molecule has 0 saturated carbocycles. The number of ether oxygens (including phenoxy) is 1. The van der Waals surface area contributed by atoms with Crippen molar-refractivity contribution in [3.05, 3.63) is 193 Å². The Hall–Kier alpha value is -6.58. The van der Waals surface area contributed by atoms with E-state index in [1.54, 1.807) is 0 Å². The van der Waals surface area contributed by atoms with Crippen LogP contribution < -0.4 is 14.5 Å². The van der Waals surface area contributed by atoms with Crippen molar-refractivity contribution in [2.45, 2.75) is 19.3 Å². The first kappa shape index (κ1) is 30.3. The van der Waals surface area contributed by atoms with Crippen molar-refractivity contribution in [3.8, 4) is 33.8 Å². The topological polar surface area (TPSA) is 15.7 Å². The summed E-state index contributed by atoms with van der Waals surface area (Å²) in [5, 5.41) is 2.41. The van der Waals surface area contributed by atoms with Crippen molar-refractivity contribution in [2.24, 2.45) is 0 Å². The highest BCUT2D eigenvalue weighted by atomic mass is 16.5. The van der Waals surface area contributed by atoms with Gasteiger partial charge in [0.15, 0.2) is 11.5 Å². The van der Waals surface area contributed by atoms with Gasteiger partial charge in [-0.2, -0.15) is 0 Å². The van der Waals surface area contributed by atoms with Crippen LogP contribution in [0.1, 0.15) is 25.0 Å². The van der Waals surface area contributed by atoms with Gasteiger partial charge in [-0.25, -0.2) is 0 Å². The Morgan fingerprint density at radius 1 is 0.462 bits per heavy atom. The molecule has 0 amide bonds. The van der Waals surface area contributed by atoms with Gasteiger partial charge >= 0.3 is 0 Å². The van der Waals surface area contributed by atoms with E-state index in [2.05, 4.69) is 206 Å². The minimum Gasteiger partial charge on any atom is -0.453 e. The molecule has 2 aliphatic rings. The van der Waals surface area contributed by atoms with E-state index in [4.69, 9.17) is 4.74 Å². The lowest BCUT2D eigenvalue weighted by Crippen LogP contribution is -2.32. The minimum absolute atomic E-state index is 0.244. The van der Waals surface area contributed by atoms with Gasteiger partial charge in [-0.3, -0.25) is 0 Å². The average Bonchev–Trinajstić information content (AvgIpc) is 3.20. The molecule has 2 aliphatic heterocycles. The zero-order valence-electron chi connectivity index (χ0n) is 29.1. The molecule has 248 valence electrons. The highest BCUT2D eigenvalue weighted by Gasteiger charge is 2.42. The van der Waals surface area contributed by atoms with Crippen LogP contribution in [0.5, 0.6) is 11.5 Å². The van der Waals surface area contributed by atoms with Crippen LogP contribution in [0.15, 0.2) is 182 Å². The molecular weight excluding hydrogens is 633 g/mol. The minimum atomic E-state index is -0.244. The molecule has 0 spiro atoms. The number of rotatable bonds is 5. The van der Waals surface area contributed by atoms with E-state index in [1.807, 2.05) is 0 Å². The smallest absolute Gasteiger partial charge is 0.151 e. The molecule has 0 fully saturated rings. The van der Waals surface area contributed by atoms with Crippen LogP contribution in [0.4, 0.5) is 34.1 Å². The van der Waals surface area contributed by atoms with Crippen LogP contribution in [0.3, 0.4) is 0 Å². The summed E-state index contributed by atoms with van der Waals surface area (Å²) in [6.07, 6.45) is 0. The Balaban J connectivity index is 1.20. The van der Waals surface area contributed by atoms with Crippen molar-refractivity contribution < 1.29 is 4.74 Å². The molecule has 3 nitrogen and oxygen atoms in total. The fourth-order valence-electron chi connectivity index (χ4n) is 8.20. The Labute approximate surface area is 304 Å². The number of hydrogen-bond acceptors (Lipinski definition) is 3. The second kappa shape index (κ2) is 11.8. The van der Waals surface area contributed by atoms with Crippen LogP contribution in [0.25, 0.3) is 33.0 Å². The van der Waals surface area contributed by atoms with Gasteiger partial charge in [0, 0.05) is 22.4 Å². The van der Waals surface area contributed by atoms with E-state index >= 15 is 0 Å². The Kier molecular flexibility index (Phi) is 6.84. The largest absolute Gasteiger partial charge is 0.453 e. The summed E-state index contributed by atoms with van der Waals surface area (Å²) >= 11 is 0. The fraction of sp³-hybridized carbons (Fsp3) is 0.0612. The van der Waals surface area contributed by atoms with Crippen LogP contribution in [0.2, 0.25) is 0 Å². The van der Waals surface area contributed by atoms with Gasteiger partial charge in [-0.15, -0.1) is 0 Å². The predicted octanol–water partition coefficient (Wildman–Crippen LogP) is 13.9. The number of hydrogen-bond donors (Lipinski definition) is 0. The second-order valence-electron chi connectivity index (χ2n) is 14.2. The van der Waals surface area contributed by atoms with Gasteiger partial charge in [-0.1, -0.05) is 141 Å². The first-order valence-electron chi connectivity index (χ1n) is 17.9. The third-order valence-electron chi connectivity index (χ3n) is 10.8. The molecular formula is C49H36N2O. The zero-order valence-corrected chi connectivity index (χ0v) is 29.1. The zero-order chi connectivity index (χ0) is 34.8. The molecule has 8 aromatic carbocycles. The summed E-state index contributed by atoms with van der Waals surface area (Å²) in [4.78, 5) is 4.83. The first-order valence-corrected chi connectivity index (χ1v) is 17.9. The van der Waals surface area contributed by atoms with E-state index in [-0.39, 0.29) is 5.41 Å². The van der Waals surface area contributed by atoms with Crippen LogP contribution in [-0.4, -0.2) is 0 Å². The van der Waals surface area contributed by atoms with Gasteiger partial charge in [0.25, 0.3) is 0 Å². The second-order valence-corrected chi connectivity index (χ2v) is 14.2. The number of anilines is 6. The van der Waals surface area contributed by atoms with Gasteiger partial charge in [-0.05, 0) is 93.2 Å². The molecule has 0 unspecified atom stereocenters. The lowest BCUT2D eigenvalue weighted by molar-refractivity contribution is 0.471. The Morgan fingerprint density at radius 3 is 1.98 bits per heavy atom. The first-order chi connectivity index (χ1) is 25.5. The number of benzene rings is 8. The molecule has 0 aliphatic carbocycles. The summed E-state index contributed by atoms with van der Waals surface area (Å²) in [6.45, 7) is 4.67. The summed E-state index contributed by atoms with van der Waals surface area (Å²) in [7, 11) is 0. The maximum Gasteiger partial charge on any atom is 0.151 e. The van der Waals surface area contributed by atoms with Crippen LogP contribution in [-0.2, 0) is 5.41 Å². The lowest BCUT2D eigenvalue weighted by Gasteiger charge is -2.45. The predicted molar refractivity (Wildman–Crippen MR) is 216 cm³/mol. The maximum absolute atomic E-state index is 6.76. The van der Waals surface area contributed by atoms with E-state index < -0.39 is 0 Å². The summed E-state index contributed by atoms with van der Waals surface area (Å²) < 4.78 is 6.76. The van der Waals surface area contributed by atoms with Crippen molar-refractivity contribution >= 4 is 44.9 Å². The number of nitrogens with zero attached hydrogens (tertiary/aromatic N) is 2. The van der Waals surface area contributed by atoms with Crippen molar-refractivity contribution in [2.75, 3.05) is 9.80 Å². The highest BCUT2D eigenvalue weighted by Crippen LogP contribution is 2.61. The molecule has 0 radical (unpaired) electrons. The molecule has 3 heteroatoms. The van der Waals surface area contributed by atoms with Gasteiger partial charge in [0.1, 0.15) is 0 Å². The molecule has 10 rings (SSSR count). The molecule has 0 N–H and O–H groups in total. The molecule has 0 bridgehead atoms. The van der Waals surface area contributed by atoms with E-state index in [1.165, 1.54) is 44.3 Å². The van der Waals surface area contributed by atoms with Gasteiger partial charge < -0.3 is 14.5 Å². The summed E-state index contributed by atoms with van der Waals surface area (Å²) in [6, 6.07) is 65.4. The monoisotopic (exact) mass is 668 g/mol. The van der Waals surface area contributed by atoms with Crippen LogP contribution in [0, 0.1) is 0 Å². The average molecular weight is 669 g/mol. The molecule has 0 aromatic heterocycles. The summed E-state index contributed by atoms with van der Waals surface area (Å²) in [5.41, 5.74) is 13.6. The van der Waals surface area contributed by atoms with E-state index in [0.29, 0.717) is 0 Å². The van der Waals surface area contributed by atoms with Crippen molar-refractivity contribution in [1.82, 2.24) is 0 Å². The normalized spacial score (nSPS) is 13.5. The van der Waals surface area contributed by atoms with E-state index in [9.17, 15) is 0 Å². The molecule has 2 heterocycles. The quantitative estimate of drug-likeness (QED) is 0.182. The fourth-order valence-corrected chi connectivity index (χ4v) is 8.20. The molecule has 52 heavy (non-hydrogen) atoms. The third kappa shape index (κ3) is 4.74. The Morgan fingerprint density at radius 2 is 1.15 bits per heavy atom. The van der Waals surface area contributed by atoms with E-state index in [0.717, 1.165) is 45.5 Å². The standard InChI is InChI=1S/C49H36N2O/c1-49(2)41-21-13-23-47-48(41)51(44-28-25-37(31-42(44)49)33-14-5-3-6-15-33)45-32-39(27-29-46(45)52-47)50(38-26-24-34-16-9-10-19-36(34)30-38)43-22-12-11-20-40(43)35-17-7-4-8-18-35/h3-32H,1-2H3. The SMILES string of the molecule is CC1(C)c2cc(-c3ccccc3)ccc2N2c3cc(N(c4ccc5ccccc5c4)c4ccccc4-c4ccccc4)ccc3Oc3cccc1c32.